The molecule has 0 spiro atoms. The Morgan fingerprint density at radius 2 is 0.961 bits per heavy atom. The lowest BCUT2D eigenvalue weighted by Gasteiger charge is -2.28. The summed E-state index contributed by atoms with van der Waals surface area (Å²) >= 11 is 8.52. The first-order valence-corrected chi connectivity index (χ1v) is 44.3. The molecule has 0 bridgehead atoms. The van der Waals surface area contributed by atoms with E-state index in [2.05, 4.69) is 72.8 Å². The number of amides is 9. The second kappa shape index (κ2) is 61.8. The first kappa shape index (κ1) is 114. The number of ketones is 7. The zero-order valence-corrected chi connectivity index (χ0v) is 76.1. The molecule has 0 aromatic heterocycles. The maximum absolute atomic E-state index is 14.4. The van der Waals surface area contributed by atoms with Crippen LogP contribution in [0.5, 0.6) is 5.75 Å². The summed E-state index contributed by atoms with van der Waals surface area (Å²) in [5.41, 5.74) is 29.5. The maximum atomic E-state index is 14.4. The number of aliphatic hydroxyl groups is 2. The number of carboxylic acid groups (broad SMARTS) is 2. The van der Waals surface area contributed by atoms with Crippen LogP contribution in [0.15, 0.2) is 59.6 Å². The summed E-state index contributed by atoms with van der Waals surface area (Å²) < 4.78 is 0. The highest BCUT2D eigenvalue weighted by Crippen LogP contribution is 2.25. The SMILES string of the molecule is CC.CCC[C@H](NC(=O)[C@H](CCCN=C(N)N)CC(=O)[C@@H](N)CC(C)C)C(=O)C[C@H](C(=O)N[C@@H](CCC(N)=O)C(=O)C[C@@H](CS)C(=O)N[C@@H](CCCCC(=N)N)C(=O)C[C@@H](CO)C(=O)N[C@H](C(=O)N[C@@H](CCC(=O)O)C(=O)NCC(=O)C[C@@H](CO)C(=O)N[C@@H](CS)C(=O)CCC(=O)N[C@@H](Cc1ccccc1)C(=O)C[C@@H](Cc1ccc(O)cc1)C(=O)O)C(C)C)C(C)C. The first-order chi connectivity index (χ1) is 59.9. The van der Waals surface area contributed by atoms with Crippen molar-refractivity contribution in [2.75, 3.05) is 37.8 Å². The molecule has 38 nitrogen and oxygen atoms in total. The summed E-state index contributed by atoms with van der Waals surface area (Å²) in [6, 6.07) is 3.51. The van der Waals surface area contributed by atoms with Gasteiger partial charge < -0.3 is 96.7 Å². The lowest BCUT2D eigenvalue weighted by atomic mass is 9.86. The van der Waals surface area contributed by atoms with Gasteiger partial charge in [-0.25, -0.2) is 0 Å². The number of aliphatic imine (C=N–C) groups is 1. The van der Waals surface area contributed by atoms with Gasteiger partial charge >= 0.3 is 11.9 Å². The molecule has 2 aromatic rings. The van der Waals surface area contributed by atoms with E-state index in [1.807, 2.05) is 27.7 Å². The average molecular weight is 1830 g/mol. The number of aromatic hydroxyl groups is 1. The molecule has 0 unspecified atom stereocenters. The number of amidine groups is 1. The van der Waals surface area contributed by atoms with Crippen LogP contribution < -0.4 is 71.2 Å². The van der Waals surface area contributed by atoms with Gasteiger partial charge in [0.1, 0.15) is 23.6 Å². The second-order valence-corrected chi connectivity index (χ2v) is 33.3. The van der Waals surface area contributed by atoms with Crippen molar-refractivity contribution in [3.8, 4) is 5.75 Å². The number of thiol groups is 2. The minimum Gasteiger partial charge on any atom is -0.508 e. The summed E-state index contributed by atoms with van der Waals surface area (Å²) in [5, 5.41) is 78.1. The number of phenols is 1. The number of phenolic OH excluding ortho intramolecular Hbond substituents is 1. The van der Waals surface area contributed by atoms with Crippen molar-refractivity contribution < 1.29 is 112 Å². The molecule has 2 rings (SSSR count). The third-order valence-electron chi connectivity index (χ3n) is 20.9. The number of nitrogens with zero attached hydrogens (tertiary/aromatic N) is 1. The predicted octanol–water partition coefficient (Wildman–Crippen LogP) is 1.61. The van der Waals surface area contributed by atoms with Crippen molar-refractivity contribution >= 4 is 143 Å². The monoisotopic (exact) mass is 1820 g/mol. The van der Waals surface area contributed by atoms with E-state index < -0.39 is 279 Å². The lowest BCUT2D eigenvalue weighted by molar-refractivity contribution is -0.144. The Kier molecular flexibility index (Phi) is 55.6. The van der Waals surface area contributed by atoms with Crippen molar-refractivity contribution in [2.45, 2.75) is 258 Å². The van der Waals surface area contributed by atoms with Crippen LogP contribution in [-0.2, 0) is 99.1 Å². The molecule has 0 aliphatic heterocycles. The maximum Gasteiger partial charge on any atom is 0.307 e. The van der Waals surface area contributed by atoms with Crippen molar-refractivity contribution in [3.05, 3.63) is 65.7 Å². The second-order valence-electron chi connectivity index (χ2n) is 32.6. The third-order valence-corrected chi connectivity index (χ3v) is 21.7. The van der Waals surface area contributed by atoms with Crippen LogP contribution in [0.1, 0.15) is 208 Å². The molecule has 0 heterocycles. The number of nitrogens with one attached hydrogen (secondary N) is 9. The van der Waals surface area contributed by atoms with Gasteiger partial charge in [0.25, 0.3) is 0 Å². The Morgan fingerprint density at radius 3 is 1.50 bits per heavy atom. The largest absolute Gasteiger partial charge is 0.508 e. The molecule has 0 saturated heterocycles. The predicted molar refractivity (Wildman–Crippen MR) is 480 cm³/mol. The molecule has 0 aliphatic carbocycles. The first-order valence-electron chi connectivity index (χ1n) is 43.1. The van der Waals surface area contributed by atoms with Crippen LogP contribution in [0.4, 0.5) is 0 Å². The Morgan fingerprint density at radius 1 is 0.457 bits per heavy atom. The molecule has 0 fully saturated rings. The number of hydrogen-bond donors (Lipinski definition) is 21. The number of nitrogens with two attached hydrogens (primary N) is 5. The summed E-state index contributed by atoms with van der Waals surface area (Å²) in [4.78, 5) is 249. The Bertz CT molecular complexity index is 4000. The number of aliphatic carboxylic acids is 2. The van der Waals surface area contributed by atoms with Crippen LogP contribution in [0.3, 0.4) is 0 Å². The van der Waals surface area contributed by atoms with E-state index in [9.17, 15) is 112 Å². The van der Waals surface area contributed by atoms with Crippen LogP contribution in [0.2, 0.25) is 0 Å². The number of guanidine groups is 1. The molecule has 2 aromatic carbocycles. The van der Waals surface area contributed by atoms with E-state index in [4.69, 9.17) is 34.1 Å². The van der Waals surface area contributed by atoms with E-state index in [1.165, 1.54) is 38.1 Å². The van der Waals surface area contributed by atoms with E-state index in [1.54, 1.807) is 51.1 Å². The molecule has 14 atom stereocenters. The number of primary amides is 1. The molecule has 127 heavy (non-hydrogen) atoms. The number of carbonyl (C=O) groups excluding carboxylic acids is 16. The zero-order valence-electron chi connectivity index (χ0n) is 74.3. The van der Waals surface area contributed by atoms with Crippen LogP contribution in [-0.4, -0.2) is 229 Å². The average Bonchev–Trinajstić information content (AvgIpc) is 0.861. The number of carboxylic acids is 2. The van der Waals surface area contributed by atoms with Crippen molar-refractivity contribution in [3.63, 3.8) is 0 Å². The number of unbranched alkanes of at least 4 members (excludes halogenated alkanes) is 1. The fourth-order valence-corrected chi connectivity index (χ4v) is 14.1. The van der Waals surface area contributed by atoms with Crippen LogP contribution in [0.25, 0.3) is 0 Å². The minimum absolute atomic E-state index is 0.0297. The van der Waals surface area contributed by atoms with E-state index in [0.29, 0.717) is 30.4 Å². The van der Waals surface area contributed by atoms with Gasteiger partial charge in [0.05, 0.1) is 85.5 Å². The smallest absolute Gasteiger partial charge is 0.307 e. The zero-order chi connectivity index (χ0) is 96.3. The molecular formula is C87H137N15O23S2. The molecule has 9 amide bonds. The van der Waals surface area contributed by atoms with Crippen molar-refractivity contribution in [1.29, 1.82) is 5.41 Å². The Labute approximate surface area is 753 Å². The number of rotatable bonds is 67. The molecular weight excluding hydrogens is 1690 g/mol. The molecule has 40 heteroatoms. The number of Topliss-reactive ketones (excluding diaryl/α,β-unsaturated/α-hetero) is 7. The number of benzene rings is 2. The number of aliphatic hydroxyl groups excluding tert-OH is 2. The lowest BCUT2D eigenvalue weighted by Crippen LogP contribution is -2.56. The Hall–Kier alpha value is -10.6. The number of hydrogen-bond acceptors (Lipinski definition) is 26. The fraction of sp³-hybridized carbons (Fsp3) is 0.632. The van der Waals surface area contributed by atoms with Crippen LogP contribution >= 0.6 is 25.3 Å². The summed E-state index contributed by atoms with van der Waals surface area (Å²) in [7, 11) is 0. The summed E-state index contributed by atoms with van der Waals surface area (Å²) in [6.45, 7) is 13.1. The standard InChI is InChI=1S/C85H131N15O23S2.C2H6/c1-8-15-60(95-77(115)51(18-14-31-92-85(90)91)36-67(106)59(86)32-46(2)3)71(110)40-58(47(4)5)81(119)97-62(25-28-73(89)111)69(108)39-55(44-124)80(118)96-61(19-12-13-20-72(87)88)68(107)38-54(43-102)79(117)100-76(48(6)7)83(121)98-63(26-30-75(113)114)82(120)93-41-57(104)35-53(42-101)78(116)99-65(45-125)66(105)27-29-74(112)94-64(34-49-16-10-9-11-17-49)70(109)37-52(84(122)123)33-50-21-23-56(103)24-22-50;1-2/h9-11,16-17,21-24,46-48,51-55,58-65,76,101-103,124-125H,8,12-15,18-20,25-45,86H2,1-7H3,(H3,87,88)(H2,89,111)(H,93,120)(H,94,112)(H,95,115)(H,96,118)(H,97,119)(H,98,121)(H,99,116)(H,100,117)(H,113,114)(H,122,123)(H4,90,91,92);1-2H3/t51-,52-,53+,54+,55+,58+,59+,60+,61+,62+,63+,64+,65+,76+;/m1./s1. The summed E-state index contributed by atoms with van der Waals surface area (Å²) in [5.74, 6) is -25.8. The van der Waals surface area contributed by atoms with E-state index >= 15 is 0 Å². The highest BCUT2D eigenvalue weighted by molar-refractivity contribution is 7.80. The van der Waals surface area contributed by atoms with Gasteiger partial charge in [-0.15, -0.1) is 0 Å². The fourth-order valence-electron chi connectivity index (χ4n) is 13.5. The van der Waals surface area contributed by atoms with Gasteiger partial charge in [0.2, 0.25) is 53.2 Å². The molecule has 0 radical (unpaired) electrons. The molecule has 0 aliphatic rings. The van der Waals surface area contributed by atoms with Gasteiger partial charge in [-0.2, -0.15) is 25.3 Å². The van der Waals surface area contributed by atoms with E-state index in [-0.39, 0.29) is 112 Å². The molecule has 710 valence electrons. The quantitative estimate of drug-likeness (QED) is 0.0194. The van der Waals surface area contributed by atoms with Crippen molar-refractivity contribution in [1.82, 2.24) is 42.5 Å². The van der Waals surface area contributed by atoms with Gasteiger partial charge in [-0.1, -0.05) is 118 Å². The Balaban J connectivity index is 0.0000400. The van der Waals surface area contributed by atoms with Crippen LogP contribution in [0, 0.1) is 58.7 Å². The van der Waals surface area contributed by atoms with Gasteiger partial charge in [0, 0.05) is 101 Å². The van der Waals surface area contributed by atoms with Gasteiger partial charge in [-0.3, -0.25) is 96.7 Å². The topological polar surface area (TPSA) is 671 Å². The van der Waals surface area contributed by atoms with E-state index in [0.717, 1.165) is 0 Å². The number of carbonyl (C=O) groups is 18. The summed E-state index contributed by atoms with van der Waals surface area (Å²) in [6.07, 6.45) is -4.83. The normalized spacial score (nSPS) is 14.5. The molecule has 24 N–H and O–H groups in total. The third kappa shape index (κ3) is 45.6. The van der Waals surface area contributed by atoms with Crippen molar-refractivity contribution in [2.24, 2.45) is 86.9 Å². The highest BCUT2D eigenvalue weighted by Gasteiger charge is 2.39. The minimum atomic E-state index is -1.72. The van der Waals surface area contributed by atoms with Gasteiger partial charge in [0.15, 0.2) is 40.7 Å². The van der Waals surface area contributed by atoms with Gasteiger partial charge in [-0.05, 0) is 105 Å². The highest BCUT2D eigenvalue weighted by atomic mass is 32.1. The molecule has 0 saturated carbocycles.